The first-order valence-corrected chi connectivity index (χ1v) is 9.06. The molecule has 8 nitrogen and oxygen atoms in total. The maximum atomic E-state index is 5.66. The summed E-state index contributed by atoms with van der Waals surface area (Å²) < 4.78 is 21.6. The molecular formula is C20H29IN4O4. The van der Waals surface area contributed by atoms with Crippen LogP contribution in [0.15, 0.2) is 41.5 Å². The standard InChI is InChI=1S/C20H28N4O4.HI/c1-5-27-18-13-16(8-9-17(18)26-4)24-20(21-2)23-14-15-7-6-10-22-19(15)28-12-11-25-3;/h6-10,13H,5,11-12,14H2,1-4H3,(H2,21,23,24);1H. The number of anilines is 1. The average molecular weight is 516 g/mol. The van der Waals surface area contributed by atoms with E-state index in [1.54, 1.807) is 27.5 Å². The van der Waals surface area contributed by atoms with Crippen molar-refractivity contribution in [1.29, 1.82) is 0 Å². The molecule has 2 N–H and O–H groups in total. The maximum absolute atomic E-state index is 5.66. The van der Waals surface area contributed by atoms with Gasteiger partial charge in [0.2, 0.25) is 5.88 Å². The molecule has 0 radical (unpaired) electrons. The fourth-order valence-electron chi connectivity index (χ4n) is 2.43. The lowest BCUT2D eigenvalue weighted by molar-refractivity contribution is 0.143. The molecule has 0 fully saturated rings. The third kappa shape index (κ3) is 7.94. The molecule has 0 atom stereocenters. The van der Waals surface area contributed by atoms with Crippen molar-refractivity contribution in [3.8, 4) is 17.4 Å². The van der Waals surface area contributed by atoms with E-state index in [4.69, 9.17) is 18.9 Å². The summed E-state index contributed by atoms with van der Waals surface area (Å²) in [4.78, 5) is 8.54. The van der Waals surface area contributed by atoms with Gasteiger partial charge in [-0.3, -0.25) is 4.99 Å². The van der Waals surface area contributed by atoms with E-state index < -0.39 is 0 Å². The number of guanidine groups is 1. The normalized spacial score (nSPS) is 10.7. The van der Waals surface area contributed by atoms with Crippen LogP contribution in [0.4, 0.5) is 5.69 Å². The minimum atomic E-state index is 0. The van der Waals surface area contributed by atoms with Crippen molar-refractivity contribution < 1.29 is 18.9 Å². The highest BCUT2D eigenvalue weighted by atomic mass is 127. The molecule has 0 unspecified atom stereocenters. The van der Waals surface area contributed by atoms with Crippen LogP contribution >= 0.6 is 24.0 Å². The van der Waals surface area contributed by atoms with Gasteiger partial charge in [0.15, 0.2) is 17.5 Å². The number of hydrogen-bond acceptors (Lipinski definition) is 6. The summed E-state index contributed by atoms with van der Waals surface area (Å²) >= 11 is 0. The van der Waals surface area contributed by atoms with Gasteiger partial charge in [0.25, 0.3) is 0 Å². The first-order chi connectivity index (χ1) is 13.7. The van der Waals surface area contributed by atoms with Gasteiger partial charge >= 0.3 is 0 Å². The molecule has 0 amide bonds. The Labute approximate surface area is 189 Å². The monoisotopic (exact) mass is 516 g/mol. The van der Waals surface area contributed by atoms with Gasteiger partial charge in [-0.25, -0.2) is 4.98 Å². The molecule has 1 aromatic heterocycles. The van der Waals surface area contributed by atoms with Gasteiger partial charge in [0.05, 0.1) is 20.3 Å². The highest BCUT2D eigenvalue weighted by molar-refractivity contribution is 14.0. The van der Waals surface area contributed by atoms with Gasteiger partial charge in [-0.1, -0.05) is 6.07 Å². The Kier molecular flexibility index (Phi) is 11.8. The third-order valence-electron chi connectivity index (χ3n) is 3.77. The van der Waals surface area contributed by atoms with Crippen LogP contribution in [-0.4, -0.2) is 52.0 Å². The Hall–Kier alpha value is -2.27. The van der Waals surface area contributed by atoms with E-state index >= 15 is 0 Å². The minimum Gasteiger partial charge on any atom is -0.493 e. The summed E-state index contributed by atoms with van der Waals surface area (Å²) in [5.74, 6) is 2.54. The number of pyridine rings is 1. The molecule has 0 saturated heterocycles. The molecule has 2 rings (SSSR count). The second kappa shape index (κ2) is 13.8. The van der Waals surface area contributed by atoms with Crippen molar-refractivity contribution in [3.05, 3.63) is 42.1 Å². The Morgan fingerprint density at radius 3 is 2.62 bits per heavy atom. The Balaban J connectivity index is 0.00000420. The number of aromatic nitrogens is 1. The predicted molar refractivity (Wildman–Crippen MR) is 125 cm³/mol. The average Bonchev–Trinajstić information content (AvgIpc) is 2.72. The van der Waals surface area contributed by atoms with E-state index in [0.717, 1.165) is 11.3 Å². The molecule has 9 heteroatoms. The summed E-state index contributed by atoms with van der Waals surface area (Å²) in [5, 5.41) is 6.50. The zero-order valence-corrected chi connectivity index (χ0v) is 19.6. The fourth-order valence-corrected chi connectivity index (χ4v) is 2.43. The lowest BCUT2D eigenvalue weighted by Gasteiger charge is -2.15. The minimum absolute atomic E-state index is 0. The van der Waals surface area contributed by atoms with E-state index in [2.05, 4.69) is 20.6 Å². The molecule has 0 bridgehead atoms. The summed E-state index contributed by atoms with van der Waals surface area (Å²) in [5.41, 5.74) is 1.76. The van der Waals surface area contributed by atoms with Gasteiger partial charge in [-0.15, -0.1) is 24.0 Å². The number of aliphatic imine (C=N–C) groups is 1. The number of nitrogens with one attached hydrogen (secondary N) is 2. The van der Waals surface area contributed by atoms with Crippen molar-refractivity contribution >= 4 is 35.6 Å². The van der Waals surface area contributed by atoms with Gasteiger partial charge in [-0.05, 0) is 25.1 Å². The Morgan fingerprint density at radius 2 is 1.93 bits per heavy atom. The maximum Gasteiger partial charge on any atom is 0.218 e. The van der Waals surface area contributed by atoms with Crippen LogP contribution in [0.3, 0.4) is 0 Å². The van der Waals surface area contributed by atoms with Crippen LogP contribution in [0.1, 0.15) is 12.5 Å². The molecule has 0 spiro atoms. The van der Waals surface area contributed by atoms with E-state index in [-0.39, 0.29) is 24.0 Å². The Morgan fingerprint density at radius 1 is 1.10 bits per heavy atom. The lowest BCUT2D eigenvalue weighted by Crippen LogP contribution is -2.30. The quantitative estimate of drug-likeness (QED) is 0.217. The van der Waals surface area contributed by atoms with Crippen molar-refractivity contribution in [3.63, 3.8) is 0 Å². The predicted octanol–water partition coefficient (Wildman–Crippen LogP) is 3.32. The van der Waals surface area contributed by atoms with Crippen molar-refractivity contribution in [2.24, 2.45) is 4.99 Å². The van der Waals surface area contributed by atoms with E-state index in [9.17, 15) is 0 Å². The van der Waals surface area contributed by atoms with E-state index in [0.29, 0.717) is 49.7 Å². The summed E-state index contributed by atoms with van der Waals surface area (Å²) in [6, 6.07) is 9.45. The lowest BCUT2D eigenvalue weighted by atomic mass is 10.2. The molecule has 2 aromatic rings. The van der Waals surface area contributed by atoms with Crippen LogP contribution < -0.4 is 24.8 Å². The topological polar surface area (TPSA) is 86.2 Å². The summed E-state index contributed by atoms with van der Waals surface area (Å²) in [6.45, 7) is 3.94. The van der Waals surface area contributed by atoms with Crippen molar-refractivity contribution in [1.82, 2.24) is 10.3 Å². The van der Waals surface area contributed by atoms with Gasteiger partial charge in [0, 0.05) is 44.2 Å². The number of ether oxygens (including phenoxy) is 4. The molecule has 0 aliphatic rings. The third-order valence-corrected chi connectivity index (χ3v) is 3.77. The number of hydrogen-bond donors (Lipinski definition) is 2. The van der Waals surface area contributed by atoms with E-state index in [1.165, 1.54) is 0 Å². The molecule has 29 heavy (non-hydrogen) atoms. The second-order valence-corrected chi connectivity index (χ2v) is 5.66. The van der Waals surface area contributed by atoms with Gasteiger partial charge < -0.3 is 29.6 Å². The number of halogens is 1. The smallest absolute Gasteiger partial charge is 0.218 e. The number of rotatable bonds is 10. The van der Waals surface area contributed by atoms with Crippen LogP contribution in [0, 0.1) is 0 Å². The van der Waals surface area contributed by atoms with Crippen LogP contribution in [0.25, 0.3) is 0 Å². The zero-order valence-electron chi connectivity index (χ0n) is 17.2. The Bertz CT molecular complexity index is 774. The molecule has 160 valence electrons. The molecule has 0 saturated carbocycles. The highest BCUT2D eigenvalue weighted by Gasteiger charge is 2.09. The summed E-state index contributed by atoms with van der Waals surface area (Å²) in [6.07, 6.45) is 1.70. The highest BCUT2D eigenvalue weighted by Crippen LogP contribution is 2.30. The van der Waals surface area contributed by atoms with Crippen LogP contribution in [0.2, 0.25) is 0 Å². The van der Waals surface area contributed by atoms with Crippen molar-refractivity contribution in [2.75, 3.05) is 46.4 Å². The van der Waals surface area contributed by atoms with Crippen LogP contribution in [-0.2, 0) is 11.3 Å². The molecule has 0 aliphatic carbocycles. The summed E-state index contributed by atoms with van der Waals surface area (Å²) in [7, 11) is 4.96. The van der Waals surface area contributed by atoms with Crippen LogP contribution in [0.5, 0.6) is 17.4 Å². The second-order valence-electron chi connectivity index (χ2n) is 5.66. The van der Waals surface area contributed by atoms with Crippen molar-refractivity contribution in [2.45, 2.75) is 13.5 Å². The number of nitrogens with zero attached hydrogens (tertiary/aromatic N) is 2. The SMILES string of the molecule is CCOc1cc(NC(=NC)NCc2cccnc2OCCOC)ccc1OC.I. The number of methoxy groups -OCH3 is 2. The first kappa shape index (κ1) is 24.8. The van der Waals surface area contributed by atoms with Gasteiger partial charge in [-0.2, -0.15) is 0 Å². The molecule has 1 heterocycles. The zero-order chi connectivity index (χ0) is 20.2. The first-order valence-electron chi connectivity index (χ1n) is 9.06. The molecular weight excluding hydrogens is 487 g/mol. The largest absolute Gasteiger partial charge is 0.493 e. The molecule has 0 aliphatic heterocycles. The van der Waals surface area contributed by atoms with Gasteiger partial charge in [0.1, 0.15) is 6.61 Å². The molecule has 1 aromatic carbocycles. The van der Waals surface area contributed by atoms with E-state index in [1.807, 2.05) is 37.3 Å². The number of benzene rings is 1. The fraction of sp³-hybridized carbons (Fsp3) is 0.400.